The number of hydrogen-bond acceptors (Lipinski definition) is 3. The number of aromatic nitrogens is 1. The molecule has 0 saturated carbocycles. The lowest BCUT2D eigenvalue weighted by Gasteiger charge is -2.12. The summed E-state index contributed by atoms with van der Waals surface area (Å²) in [7, 11) is 1.69. The van der Waals surface area contributed by atoms with Gasteiger partial charge < -0.3 is 9.15 Å². The highest BCUT2D eigenvalue weighted by Gasteiger charge is 2.14. The van der Waals surface area contributed by atoms with Crippen molar-refractivity contribution in [3.05, 3.63) is 34.3 Å². The van der Waals surface area contributed by atoms with Gasteiger partial charge in [0.15, 0.2) is 10.6 Å². The molecule has 0 spiro atoms. The van der Waals surface area contributed by atoms with Gasteiger partial charge in [-0.05, 0) is 45.6 Å². The van der Waals surface area contributed by atoms with E-state index in [4.69, 9.17) is 9.15 Å². The quantitative estimate of drug-likeness (QED) is 0.834. The Labute approximate surface area is 115 Å². The van der Waals surface area contributed by atoms with Crippen molar-refractivity contribution in [3.63, 3.8) is 0 Å². The number of oxazole rings is 1. The fourth-order valence-electron chi connectivity index (χ4n) is 1.91. The van der Waals surface area contributed by atoms with Crippen LogP contribution in [0.2, 0.25) is 0 Å². The number of methoxy groups -OCH3 is 1. The first-order valence-corrected chi connectivity index (χ1v) is 6.63. The van der Waals surface area contributed by atoms with Gasteiger partial charge in [-0.1, -0.05) is 13.8 Å². The average molecular weight is 310 g/mol. The number of nitrogens with zero attached hydrogens (tertiary/aromatic N) is 1. The number of benzene rings is 1. The Hall–Kier alpha value is -1.29. The standard InChI is InChI=1S/C14H16BrNO2/c1-8(2)11-7-10(5-6-12(11)17-4)13-14(15)18-9(3)16-13/h5-8H,1-4H3. The summed E-state index contributed by atoms with van der Waals surface area (Å²) in [6.07, 6.45) is 0. The Balaban J connectivity index is 2.53. The van der Waals surface area contributed by atoms with Crippen molar-refractivity contribution >= 4 is 15.9 Å². The Morgan fingerprint density at radius 2 is 2.06 bits per heavy atom. The van der Waals surface area contributed by atoms with E-state index in [2.05, 4.69) is 40.8 Å². The molecule has 0 aliphatic rings. The molecule has 0 fully saturated rings. The summed E-state index contributed by atoms with van der Waals surface area (Å²) >= 11 is 3.39. The van der Waals surface area contributed by atoms with Gasteiger partial charge in [-0.15, -0.1) is 0 Å². The molecule has 0 aliphatic carbocycles. The lowest BCUT2D eigenvalue weighted by molar-refractivity contribution is 0.407. The predicted octanol–water partition coefficient (Wildman–Crippen LogP) is 4.54. The second kappa shape index (κ2) is 5.14. The fraction of sp³-hybridized carbons (Fsp3) is 0.357. The molecular formula is C14H16BrNO2. The molecule has 1 heterocycles. The summed E-state index contributed by atoms with van der Waals surface area (Å²) in [4.78, 5) is 4.38. The lowest BCUT2D eigenvalue weighted by atomic mass is 9.98. The van der Waals surface area contributed by atoms with Gasteiger partial charge in [-0.3, -0.25) is 0 Å². The van der Waals surface area contributed by atoms with Crippen LogP contribution in [-0.4, -0.2) is 12.1 Å². The van der Waals surface area contributed by atoms with Crippen LogP contribution in [0.3, 0.4) is 0 Å². The molecule has 0 radical (unpaired) electrons. The molecule has 0 atom stereocenters. The van der Waals surface area contributed by atoms with Gasteiger partial charge in [-0.2, -0.15) is 0 Å². The smallest absolute Gasteiger partial charge is 0.197 e. The van der Waals surface area contributed by atoms with Gasteiger partial charge in [0.2, 0.25) is 0 Å². The third-order valence-corrected chi connectivity index (χ3v) is 3.36. The van der Waals surface area contributed by atoms with E-state index in [9.17, 15) is 0 Å². The Morgan fingerprint density at radius 3 is 2.56 bits per heavy atom. The van der Waals surface area contributed by atoms with Crippen molar-refractivity contribution in [2.45, 2.75) is 26.7 Å². The minimum atomic E-state index is 0.395. The minimum absolute atomic E-state index is 0.395. The number of halogens is 1. The highest BCUT2D eigenvalue weighted by atomic mass is 79.9. The molecule has 0 aliphatic heterocycles. The predicted molar refractivity (Wildman–Crippen MR) is 75.0 cm³/mol. The first kappa shape index (κ1) is 13.1. The largest absolute Gasteiger partial charge is 0.496 e. The molecule has 0 saturated heterocycles. The zero-order valence-electron chi connectivity index (χ0n) is 11.0. The van der Waals surface area contributed by atoms with E-state index in [1.165, 1.54) is 5.56 Å². The maximum atomic E-state index is 5.40. The maximum absolute atomic E-state index is 5.40. The number of hydrogen-bond donors (Lipinski definition) is 0. The zero-order valence-corrected chi connectivity index (χ0v) is 12.5. The molecule has 0 unspecified atom stereocenters. The molecule has 0 amide bonds. The van der Waals surface area contributed by atoms with E-state index in [1.54, 1.807) is 7.11 Å². The first-order chi connectivity index (χ1) is 8.52. The molecule has 1 aromatic carbocycles. The molecule has 1 aromatic heterocycles. The molecule has 0 N–H and O–H groups in total. The zero-order chi connectivity index (χ0) is 13.3. The molecule has 2 rings (SSSR count). The summed E-state index contributed by atoms with van der Waals surface area (Å²) in [6.45, 7) is 6.12. The molecule has 4 heteroatoms. The van der Waals surface area contributed by atoms with E-state index >= 15 is 0 Å². The first-order valence-electron chi connectivity index (χ1n) is 5.84. The topological polar surface area (TPSA) is 35.3 Å². The highest BCUT2D eigenvalue weighted by molar-refractivity contribution is 9.10. The maximum Gasteiger partial charge on any atom is 0.197 e. The van der Waals surface area contributed by atoms with Crippen molar-refractivity contribution in [1.82, 2.24) is 4.98 Å². The van der Waals surface area contributed by atoms with E-state index < -0.39 is 0 Å². The SMILES string of the molecule is COc1ccc(-c2nc(C)oc2Br)cc1C(C)C. The van der Waals surface area contributed by atoms with E-state index in [0.29, 0.717) is 16.5 Å². The summed E-state index contributed by atoms with van der Waals surface area (Å²) < 4.78 is 11.4. The van der Waals surface area contributed by atoms with Crippen LogP contribution in [0.1, 0.15) is 31.2 Å². The van der Waals surface area contributed by atoms with E-state index in [-0.39, 0.29) is 0 Å². The number of ether oxygens (including phenoxy) is 1. The fourth-order valence-corrected chi connectivity index (χ4v) is 2.46. The van der Waals surface area contributed by atoms with E-state index in [1.807, 2.05) is 19.1 Å². The number of aryl methyl sites for hydroxylation is 1. The van der Waals surface area contributed by atoms with Gasteiger partial charge in [0.1, 0.15) is 11.4 Å². The van der Waals surface area contributed by atoms with Crippen LogP contribution in [0.25, 0.3) is 11.3 Å². The molecule has 2 aromatic rings. The molecule has 0 bridgehead atoms. The van der Waals surface area contributed by atoms with Gasteiger partial charge >= 0.3 is 0 Å². The highest BCUT2D eigenvalue weighted by Crippen LogP contribution is 2.34. The van der Waals surface area contributed by atoms with Gasteiger partial charge in [0.05, 0.1) is 7.11 Å². The third kappa shape index (κ3) is 2.43. The minimum Gasteiger partial charge on any atom is -0.496 e. The van der Waals surface area contributed by atoms with Crippen LogP contribution in [0.4, 0.5) is 0 Å². The van der Waals surface area contributed by atoms with Crippen molar-refractivity contribution < 1.29 is 9.15 Å². The summed E-state index contributed by atoms with van der Waals surface area (Å²) in [5.74, 6) is 1.95. The Bertz CT molecular complexity index is 561. The van der Waals surface area contributed by atoms with Crippen molar-refractivity contribution in [2.75, 3.05) is 7.11 Å². The monoisotopic (exact) mass is 309 g/mol. The average Bonchev–Trinajstić information content (AvgIpc) is 2.67. The Kier molecular flexibility index (Phi) is 3.76. The van der Waals surface area contributed by atoms with Crippen LogP contribution in [-0.2, 0) is 0 Å². The van der Waals surface area contributed by atoms with Crippen molar-refractivity contribution in [2.24, 2.45) is 0 Å². The van der Waals surface area contributed by atoms with Crippen LogP contribution in [0.15, 0.2) is 27.3 Å². The van der Waals surface area contributed by atoms with Crippen LogP contribution < -0.4 is 4.74 Å². The molecular weight excluding hydrogens is 294 g/mol. The third-order valence-electron chi connectivity index (χ3n) is 2.82. The van der Waals surface area contributed by atoms with Crippen LogP contribution >= 0.6 is 15.9 Å². The van der Waals surface area contributed by atoms with E-state index in [0.717, 1.165) is 17.0 Å². The summed E-state index contributed by atoms with van der Waals surface area (Å²) in [5, 5.41) is 0. The second-order valence-electron chi connectivity index (χ2n) is 4.47. The Morgan fingerprint density at radius 1 is 1.33 bits per heavy atom. The molecule has 3 nitrogen and oxygen atoms in total. The van der Waals surface area contributed by atoms with Crippen LogP contribution in [0.5, 0.6) is 5.75 Å². The van der Waals surface area contributed by atoms with Gasteiger partial charge in [-0.25, -0.2) is 4.98 Å². The normalized spacial score (nSPS) is 11.0. The van der Waals surface area contributed by atoms with Crippen molar-refractivity contribution in [1.29, 1.82) is 0 Å². The van der Waals surface area contributed by atoms with Crippen molar-refractivity contribution in [3.8, 4) is 17.0 Å². The van der Waals surface area contributed by atoms with Gasteiger partial charge in [0.25, 0.3) is 0 Å². The number of rotatable bonds is 3. The second-order valence-corrected chi connectivity index (χ2v) is 5.19. The lowest BCUT2D eigenvalue weighted by Crippen LogP contribution is -1.95. The summed E-state index contributed by atoms with van der Waals surface area (Å²) in [6, 6.07) is 6.07. The molecule has 96 valence electrons. The molecule has 18 heavy (non-hydrogen) atoms. The van der Waals surface area contributed by atoms with Gasteiger partial charge in [0, 0.05) is 12.5 Å². The van der Waals surface area contributed by atoms with Crippen LogP contribution in [0, 0.1) is 6.92 Å². The summed E-state index contributed by atoms with van der Waals surface area (Å²) in [5.41, 5.74) is 3.03.